The first-order chi connectivity index (χ1) is 10.1. The number of esters is 1. The summed E-state index contributed by atoms with van der Waals surface area (Å²) in [5.74, 6) is -0.532. The average molecular weight is 286 g/mol. The second kappa shape index (κ2) is 6.83. The van der Waals surface area contributed by atoms with Crippen LogP contribution < -0.4 is 5.32 Å². The lowest BCUT2D eigenvalue weighted by atomic mass is 10.1. The van der Waals surface area contributed by atoms with E-state index in [1.165, 1.54) is 0 Å². The van der Waals surface area contributed by atoms with Gasteiger partial charge in [-0.1, -0.05) is 12.1 Å². The second-order valence-electron chi connectivity index (χ2n) is 4.92. The molecule has 0 radical (unpaired) electrons. The zero-order chi connectivity index (χ0) is 15.2. The molecule has 0 bridgehead atoms. The van der Waals surface area contributed by atoms with Crippen LogP contribution in [0.15, 0.2) is 36.5 Å². The number of benzene rings is 1. The summed E-state index contributed by atoms with van der Waals surface area (Å²) in [6, 6.07) is 9.03. The minimum Gasteiger partial charge on any atom is -0.463 e. The summed E-state index contributed by atoms with van der Waals surface area (Å²) in [4.78, 5) is 27.8. The topological polar surface area (TPSA) is 68.3 Å². The van der Waals surface area contributed by atoms with E-state index >= 15 is 0 Å². The molecular weight excluding hydrogens is 268 g/mol. The zero-order valence-electron chi connectivity index (χ0n) is 12.1. The van der Waals surface area contributed by atoms with Gasteiger partial charge in [0.25, 0.3) is 5.91 Å². The minimum atomic E-state index is -0.315. The highest BCUT2D eigenvalue weighted by Gasteiger charge is 2.11. The number of nitrogens with zero attached hydrogens (tertiary/aromatic N) is 1. The van der Waals surface area contributed by atoms with Crippen molar-refractivity contribution in [3.63, 3.8) is 0 Å². The fourth-order valence-corrected chi connectivity index (χ4v) is 2.00. The smallest absolute Gasteiger partial charge is 0.307 e. The van der Waals surface area contributed by atoms with Crippen LogP contribution in [0.2, 0.25) is 0 Å². The summed E-state index contributed by atoms with van der Waals surface area (Å²) < 4.78 is 5.01. The monoisotopic (exact) mass is 286 g/mol. The zero-order valence-corrected chi connectivity index (χ0v) is 12.1. The molecule has 0 spiro atoms. The number of carbonyl (C=O) groups excluding carboxylic acids is 2. The molecule has 21 heavy (non-hydrogen) atoms. The standard InChI is InChI=1S/C16H18N2O3/c1-11(2)21-15(19)8-10-18-16(20)13-5-3-7-14-12(13)6-4-9-17-14/h3-7,9,11H,8,10H2,1-2H3,(H,18,20). The maximum atomic E-state index is 12.2. The number of rotatable bonds is 5. The Morgan fingerprint density at radius 1 is 1.24 bits per heavy atom. The van der Waals surface area contributed by atoms with Crippen LogP contribution in [0.3, 0.4) is 0 Å². The van der Waals surface area contributed by atoms with E-state index in [-0.39, 0.29) is 30.9 Å². The summed E-state index contributed by atoms with van der Waals surface area (Å²) in [6.45, 7) is 3.83. The molecule has 1 amide bonds. The van der Waals surface area contributed by atoms with Gasteiger partial charge in [0, 0.05) is 23.7 Å². The molecule has 0 fully saturated rings. The Hall–Kier alpha value is -2.43. The number of hydrogen-bond donors (Lipinski definition) is 1. The van der Waals surface area contributed by atoms with Gasteiger partial charge >= 0.3 is 5.97 Å². The van der Waals surface area contributed by atoms with Gasteiger partial charge in [-0.25, -0.2) is 0 Å². The Morgan fingerprint density at radius 3 is 2.81 bits per heavy atom. The molecule has 0 aliphatic heterocycles. The first kappa shape index (κ1) is 15.0. The van der Waals surface area contributed by atoms with Gasteiger partial charge < -0.3 is 10.1 Å². The van der Waals surface area contributed by atoms with E-state index in [0.717, 1.165) is 10.9 Å². The van der Waals surface area contributed by atoms with E-state index in [4.69, 9.17) is 4.74 Å². The molecule has 2 rings (SSSR count). The maximum absolute atomic E-state index is 12.2. The third kappa shape index (κ3) is 4.02. The van der Waals surface area contributed by atoms with E-state index in [1.807, 2.05) is 12.1 Å². The first-order valence-electron chi connectivity index (χ1n) is 6.89. The molecule has 1 aromatic heterocycles. The molecule has 1 N–H and O–H groups in total. The molecule has 110 valence electrons. The van der Waals surface area contributed by atoms with Crippen molar-refractivity contribution in [2.45, 2.75) is 26.4 Å². The van der Waals surface area contributed by atoms with Crippen LogP contribution in [0.1, 0.15) is 30.6 Å². The number of amides is 1. The highest BCUT2D eigenvalue weighted by atomic mass is 16.5. The van der Waals surface area contributed by atoms with Crippen LogP contribution in [0, 0.1) is 0 Å². The van der Waals surface area contributed by atoms with E-state index in [0.29, 0.717) is 5.56 Å². The predicted molar refractivity (Wildman–Crippen MR) is 79.9 cm³/mol. The molecule has 0 saturated carbocycles. The number of nitrogens with one attached hydrogen (secondary N) is 1. The van der Waals surface area contributed by atoms with Crippen LogP contribution in [-0.4, -0.2) is 29.5 Å². The Kier molecular flexibility index (Phi) is 4.87. The minimum absolute atomic E-state index is 0.141. The second-order valence-corrected chi connectivity index (χ2v) is 4.92. The van der Waals surface area contributed by atoms with Gasteiger partial charge in [-0.15, -0.1) is 0 Å². The number of hydrogen-bond acceptors (Lipinski definition) is 4. The molecule has 0 aliphatic rings. The predicted octanol–water partition coefficient (Wildman–Crippen LogP) is 2.31. The van der Waals surface area contributed by atoms with Crippen molar-refractivity contribution >= 4 is 22.8 Å². The van der Waals surface area contributed by atoms with Gasteiger partial charge in [0.05, 0.1) is 18.0 Å². The fourth-order valence-electron chi connectivity index (χ4n) is 2.00. The molecule has 0 atom stereocenters. The summed E-state index contributed by atoms with van der Waals surface area (Å²) in [5.41, 5.74) is 1.32. The highest BCUT2D eigenvalue weighted by molar-refractivity contribution is 6.06. The number of aromatic nitrogens is 1. The Labute approximate surface area is 123 Å². The first-order valence-corrected chi connectivity index (χ1v) is 6.89. The summed E-state index contributed by atoms with van der Waals surface area (Å²) in [6.07, 6.45) is 1.70. The van der Waals surface area contributed by atoms with Crippen molar-refractivity contribution in [2.24, 2.45) is 0 Å². The fraction of sp³-hybridized carbons (Fsp3) is 0.312. The molecule has 0 saturated heterocycles. The molecule has 0 unspecified atom stereocenters. The Balaban J connectivity index is 1.98. The van der Waals surface area contributed by atoms with Gasteiger partial charge in [0.15, 0.2) is 0 Å². The molecule has 1 heterocycles. The van der Waals surface area contributed by atoms with Crippen molar-refractivity contribution in [1.29, 1.82) is 0 Å². The van der Waals surface area contributed by atoms with Gasteiger partial charge in [-0.05, 0) is 32.0 Å². The van der Waals surface area contributed by atoms with E-state index in [2.05, 4.69) is 10.3 Å². The van der Waals surface area contributed by atoms with Crippen molar-refractivity contribution in [2.75, 3.05) is 6.54 Å². The lowest BCUT2D eigenvalue weighted by molar-refractivity contribution is -0.147. The lowest BCUT2D eigenvalue weighted by Gasteiger charge is -2.09. The molecule has 5 nitrogen and oxygen atoms in total. The van der Waals surface area contributed by atoms with Gasteiger partial charge in [0.2, 0.25) is 0 Å². The molecule has 1 aromatic carbocycles. The van der Waals surface area contributed by atoms with Gasteiger partial charge in [-0.3, -0.25) is 14.6 Å². The van der Waals surface area contributed by atoms with Gasteiger partial charge in [-0.2, -0.15) is 0 Å². The largest absolute Gasteiger partial charge is 0.463 e. The van der Waals surface area contributed by atoms with Crippen molar-refractivity contribution in [3.05, 3.63) is 42.1 Å². The van der Waals surface area contributed by atoms with E-state index < -0.39 is 0 Å². The van der Waals surface area contributed by atoms with Crippen LogP contribution in [0.25, 0.3) is 10.9 Å². The lowest BCUT2D eigenvalue weighted by Crippen LogP contribution is -2.27. The maximum Gasteiger partial charge on any atom is 0.307 e. The molecule has 2 aromatic rings. The number of fused-ring (bicyclic) bond motifs is 1. The van der Waals surface area contributed by atoms with Crippen LogP contribution in [0.4, 0.5) is 0 Å². The van der Waals surface area contributed by atoms with E-state index in [1.54, 1.807) is 38.2 Å². The third-order valence-corrected chi connectivity index (χ3v) is 2.87. The molecule has 5 heteroatoms. The number of ether oxygens (including phenoxy) is 1. The van der Waals surface area contributed by atoms with Crippen LogP contribution in [-0.2, 0) is 9.53 Å². The van der Waals surface area contributed by atoms with Crippen molar-refractivity contribution < 1.29 is 14.3 Å². The van der Waals surface area contributed by atoms with Crippen molar-refractivity contribution in [3.8, 4) is 0 Å². The Morgan fingerprint density at radius 2 is 2.05 bits per heavy atom. The van der Waals surface area contributed by atoms with Crippen LogP contribution in [0.5, 0.6) is 0 Å². The van der Waals surface area contributed by atoms with Crippen molar-refractivity contribution in [1.82, 2.24) is 10.3 Å². The van der Waals surface area contributed by atoms with E-state index in [9.17, 15) is 9.59 Å². The normalized spacial score (nSPS) is 10.6. The molecular formula is C16H18N2O3. The third-order valence-electron chi connectivity index (χ3n) is 2.87. The number of pyridine rings is 1. The van der Waals surface area contributed by atoms with Crippen LogP contribution >= 0.6 is 0 Å². The molecule has 0 aliphatic carbocycles. The average Bonchev–Trinajstić information content (AvgIpc) is 2.45. The summed E-state index contributed by atoms with van der Waals surface area (Å²) >= 11 is 0. The Bertz CT molecular complexity index is 648. The summed E-state index contributed by atoms with van der Waals surface area (Å²) in [7, 11) is 0. The highest BCUT2D eigenvalue weighted by Crippen LogP contribution is 2.16. The quantitative estimate of drug-likeness (QED) is 0.856. The van der Waals surface area contributed by atoms with Gasteiger partial charge in [0.1, 0.15) is 0 Å². The number of carbonyl (C=O) groups is 2. The summed E-state index contributed by atoms with van der Waals surface area (Å²) in [5, 5.41) is 3.52. The SMILES string of the molecule is CC(C)OC(=O)CCNC(=O)c1cccc2ncccc12.